The number of hydrogen-bond acceptors (Lipinski definition) is 3. The highest BCUT2D eigenvalue weighted by Gasteiger charge is 2.22. The van der Waals surface area contributed by atoms with Crippen molar-refractivity contribution in [3.05, 3.63) is 65.7 Å². The van der Waals surface area contributed by atoms with Crippen LogP contribution in [0.3, 0.4) is 0 Å². The van der Waals surface area contributed by atoms with Gasteiger partial charge in [0.25, 0.3) is 5.91 Å². The van der Waals surface area contributed by atoms with Crippen molar-refractivity contribution in [2.75, 3.05) is 6.54 Å². The molecule has 30 heavy (non-hydrogen) atoms. The van der Waals surface area contributed by atoms with Crippen LogP contribution in [0.1, 0.15) is 42.9 Å². The summed E-state index contributed by atoms with van der Waals surface area (Å²) in [6, 6.07) is 15.3. The zero-order valence-corrected chi connectivity index (χ0v) is 16.5. The minimum atomic E-state index is -2.88. The fourth-order valence-electron chi connectivity index (χ4n) is 3.68. The molecule has 1 aliphatic rings. The van der Waals surface area contributed by atoms with E-state index in [0.29, 0.717) is 0 Å². The van der Waals surface area contributed by atoms with Gasteiger partial charge < -0.3 is 15.4 Å². The lowest BCUT2D eigenvalue weighted by Gasteiger charge is -2.17. The second-order valence-corrected chi connectivity index (χ2v) is 7.28. The molecule has 2 aromatic carbocycles. The first-order valence-corrected chi connectivity index (χ1v) is 10.0. The molecule has 3 rings (SSSR count). The maximum absolute atomic E-state index is 12.4. The molecule has 0 bridgehead atoms. The van der Waals surface area contributed by atoms with Crippen LogP contribution in [0.15, 0.2) is 54.6 Å². The minimum Gasteiger partial charge on any atom is -0.435 e. The second kappa shape index (κ2) is 10.7. The molecular weight excluding hydrogens is 392 g/mol. The van der Waals surface area contributed by atoms with Gasteiger partial charge in [-0.2, -0.15) is 8.78 Å². The van der Waals surface area contributed by atoms with E-state index in [2.05, 4.69) is 15.4 Å². The van der Waals surface area contributed by atoms with Gasteiger partial charge in [-0.1, -0.05) is 43.2 Å². The van der Waals surface area contributed by atoms with Crippen LogP contribution >= 0.6 is 0 Å². The lowest BCUT2D eigenvalue weighted by atomic mass is 9.98. The molecule has 0 aliphatic heterocycles. The number of benzene rings is 2. The minimum absolute atomic E-state index is 0.0347. The normalized spacial score (nSPS) is 15.0. The van der Waals surface area contributed by atoms with E-state index in [4.69, 9.17) is 0 Å². The van der Waals surface area contributed by atoms with E-state index in [0.717, 1.165) is 36.8 Å². The first-order valence-electron chi connectivity index (χ1n) is 10.0. The Morgan fingerprint density at radius 1 is 1.00 bits per heavy atom. The quantitative estimate of drug-likeness (QED) is 0.616. The van der Waals surface area contributed by atoms with E-state index >= 15 is 0 Å². The summed E-state index contributed by atoms with van der Waals surface area (Å²) in [6.45, 7) is -2.85. The third-order valence-corrected chi connectivity index (χ3v) is 5.11. The molecule has 1 saturated carbocycles. The fourth-order valence-corrected chi connectivity index (χ4v) is 3.68. The maximum atomic E-state index is 12.4. The number of nitrogens with one attached hydrogen (secondary N) is 2. The molecule has 0 unspecified atom stereocenters. The highest BCUT2D eigenvalue weighted by Crippen LogP contribution is 2.22. The highest BCUT2D eigenvalue weighted by atomic mass is 19.3. The number of alkyl halides is 2. The Bertz CT molecular complexity index is 825. The average molecular weight is 418 g/mol. The summed E-state index contributed by atoms with van der Waals surface area (Å²) in [4.78, 5) is 24.3. The molecule has 1 fully saturated rings. The topological polar surface area (TPSA) is 84.0 Å². The number of quaternary nitrogens is 1. The number of imide groups is 1. The van der Waals surface area contributed by atoms with E-state index < -0.39 is 18.5 Å². The zero-order chi connectivity index (χ0) is 21.3. The molecule has 160 valence electrons. The van der Waals surface area contributed by atoms with Gasteiger partial charge in [0.2, 0.25) is 0 Å². The second-order valence-electron chi connectivity index (χ2n) is 7.28. The number of carbonyl (C=O) groups is 2. The number of ether oxygens (including phenoxy) is 1. The van der Waals surface area contributed by atoms with Crippen LogP contribution in [-0.2, 0) is 4.79 Å². The summed E-state index contributed by atoms with van der Waals surface area (Å²) in [5.74, 6) is -0.328. The standard InChI is InChI=1S/C22H25F2N3O3/c23-21(24)30-18-12-10-16(11-13-18)20(15-6-2-1-3-7-15)25-14-19(28)27-22(29)26-17-8-4-5-9-17/h1-3,6-7,10-13,17,20-21,25H,4-5,8-9,14H2,(H2,26,27,28,29)/p+1/t20-/m1/s1. The summed E-state index contributed by atoms with van der Waals surface area (Å²) in [7, 11) is 0. The number of nitrogens with two attached hydrogens (primary N) is 1. The highest BCUT2D eigenvalue weighted by molar-refractivity contribution is 5.94. The number of halogens is 2. The molecule has 6 nitrogen and oxygen atoms in total. The molecule has 3 amide bonds. The van der Waals surface area contributed by atoms with Gasteiger partial charge in [0, 0.05) is 17.2 Å². The first kappa shape index (κ1) is 21.7. The van der Waals surface area contributed by atoms with Crippen molar-refractivity contribution >= 4 is 11.9 Å². The van der Waals surface area contributed by atoms with Crippen molar-refractivity contribution in [2.24, 2.45) is 0 Å². The third-order valence-electron chi connectivity index (χ3n) is 5.11. The van der Waals surface area contributed by atoms with E-state index in [1.165, 1.54) is 12.1 Å². The molecule has 0 radical (unpaired) electrons. The van der Waals surface area contributed by atoms with Crippen LogP contribution in [0, 0.1) is 0 Å². The van der Waals surface area contributed by atoms with E-state index in [1.54, 1.807) is 17.4 Å². The summed E-state index contributed by atoms with van der Waals surface area (Å²) in [5, 5.41) is 7.00. The summed E-state index contributed by atoms with van der Waals surface area (Å²) in [5.41, 5.74) is 1.77. The Balaban J connectivity index is 1.61. The van der Waals surface area contributed by atoms with Crippen molar-refractivity contribution in [3.63, 3.8) is 0 Å². The third kappa shape index (κ3) is 6.52. The summed E-state index contributed by atoms with van der Waals surface area (Å²) in [6.07, 6.45) is 4.06. The molecular formula is C22H26F2N3O3+. The SMILES string of the molecule is O=C(C[NH2+][C@H](c1ccccc1)c1ccc(OC(F)F)cc1)NC(=O)NC1CCCC1. The number of amides is 3. The van der Waals surface area contributed by atoms with Crippen molar-refractivity contribution < 1.29 is 28.4 Å². The largest absolute Gasteiger partial charge is 0.435 e. The molecule has 4 N–H and O–H groups in total. The van der Waals surface area contributed by atoms with Crippen LogP contribution in [0.5, 0.6) is 5.75 Å². The van der Waals surface area contributed by atoms with Gasteiger partial charge in [0.1, 0.15) is 11.8 Å². The molecule has 0 spiro atoms. The number of urea groups is 1. The molecule has 0 aromatic heterocycles. The Labute approximate surface area is 174 Å². The maximum Gasteiger partial charge on any atom is 0.387 e. The monoisotopic (exact) mass is 418 g/mol. The average Bonchev–Trinajstić information content (AvgIpc) is 3.22. The van der Waals surface area contributed by atoms with Crippen molar-refractivity contribution in [1.82, 2.24) is 10.6 Å². The van der Waals surface area contributed by atoms with Crippen molar-refractivity contribution in [1.29, 1.82) is 0 Å². The summed E-state index contributed by atoms with van der Waals surface area (Å²) < 4.78 is 29.2. The number of carbonyl (C=O) groups excluding carboxylic acids is 2. The Morgan fingerprint density at radius 3 is 2.27 bits per heavy atom. The zero-order valence-electron chi connectivity index (χ0n) is 16.5. The molecule has 1 atom stereocenters. The van der Waals surface area contributed by atoms with Gasteiger partial charge in [-0.15, -0.1) is 0 Å². The Morgan fingerprint density at radius 2 is 1.63 bits per heavy atom. The molecule has 0 saturated heterocycles. The Kier molecular flexibility index (Phi) is 7.73. The van der Waals surface area contributed by atoms with Crippen LogP contribution in [0.2, 0.25) is 0 Å². The molecule has 1 aliphatic carbocycles. The summed E-state index contributed by atoms with van der Waals surface area (Å²) >= 11 is 0. The van der Waals surface area contributed by atoms with Crippen LogP contribution in [0.25, 0.3) is 0 Å². The predicted molar refractivity (Wildman–Crippen MR) is 107 cm³/mol. The van der Waals surface area contributed by atoms with Crippen molar-refractivity contribution in [2.45, 2.75) is 44.4 Å². The van der Waals surface area contributed by atoms with Gasteiger partial charge in [0.15, 0.2) is 6.54 Å². The first-order chi connectivity index (χ1) is 14.5. The van der Waals surface area contributed by atoms with Gasteiger partial charge in [-0.05, 0) is 37.1 Å². The van der Waals surface area contributed by atoms with Crippen LogP contribution in [0.4, 0.5) is 13.6 Å². The molecule has 0 heterocycles. The number of hydrogen-bond donors (Lipinski definition) is 3. The predicted octanol–water partition coefficient (Wildman–Crippen LogP) is 2.71. The smallest absolute Gasteiger partial charge is 0.387 e. The van der Waals surface area contributed by atoms with Crippen molar-refractivity contribution in [3.8, 4) is 5.75 Å². The number of rotatable bonds is 8. The lowest BCUT2D eigenvalue weighted by molar-refractivity contribution is -0.676. The fraction of sp³-hybridized carbons (Fsp3) is 0.364. The van der Waals surface area contributed by atoms with E-state index in [-0.39, 0.29) is 24.4 Å². The van der Waals surface area contributed by atoms with E-state index in [1.807, 2.05) is 30.3 Å². The van der Waals surface area contributed by atoms with Gasteiger partial charge >= 0.3 is 12.6 Å². The molecule has 2 aromatic rings. The van der Waals surface area contributed by atoms with Crippen LogP contribution < -0.4 is 20.7 Å². The van der Waals surface area contributed by atoms with Gasteiger partial charge in [-0.3, -0.25) is 10.1 Å². The lowest BCUT2D eigenvalue weighted by Crippen LogP contribution is -2.88. The van der Waals surface area contributed by atoms with E-state index in [9.17, 15) is 18.4 Å². The van der Waals surface area contributed by atoms with Gasteiger partial charge in [0.05, 0.1) is 0 Å². The Hall–Kier alpha value is -3.00. The molecule has 8 heteroatoms. The van der Waals surface area contributed by atoms with Crippen LogP contribution in [-0.4, -0.2) is 31.1 Å². The van der Waals surface area contributed by atoms with Gasteiger partial charge in [-0.25, -0.2) is 4.79 Å².